The molecule has 0 saturated carbocycles. The molecule has 1 unspecified atom stereocenters. The largest absolute Gasteiger partial charge is 0.382 e. The number of nitrogens with zero attached hydrogens (tertiary/aromatic N) is 1. The van der Waals surface area contributed by atoms with Crippen molar-refractivity contribution in [2.45, 2.75) is 12.6 Å². The Labute approximate surface area is 185 Å². The van der Waals surface area contributed by atoms with E-state index in [9.17, 15) is 4.79 Å². The molecule has 164 valence electrons. The van der Waals surface area contributed by atoms with Crippen LogP contribution in [0.2, 0.25) is 10.0 Å². The molecule has 0 aliphatic carbocycles. The number of hydrogen-bond acceptors (Lipinski definition) is 8. The lowest BCUT2D eigenvalue weighted by Crippen LogP contribution is -2.32. The van der Waals surface area contributed by atoms with Gasteiger partial charge >= 0.3 is 0 Å². The molecule has 1 aromatic carbocycles. The second kappa shape index (κ2) is 12.5. The fourth-order valence-electron chi connectivity index (χ4n) is 2.67. The van der Waals surface area contributed by atoms with Gasteiger partial charge in [0.15, 0.2) is 0 Å². The number of benzene rings is 1. The summed E-state index contributed by atoms with van der Waals surface area (Å²) >= 11 is 11.9. The number of methoxy groups -OCH3 is 1. The first-order valence-electron chi connectivity index (χ1n) is 9.30. The molecule has 0 bridgehead atoms. The molecule has 5 N–H and O–H groups in total. The molecular formula is C19H26Cl2N6O3. The zero-order chi connectivity index (χ0) is 21.9. The summed E-state index contributed by atoms with van der Waals surface area (Å²) in [5.74, 6) is 0.251. The Hall–Kier alpha value is -2.17. The molecule has 0 aliphatic heterocycles. The van der Waals surface area contributed by atoms with Crippen LogP contribution < -0.4 is 21.5 Å². The molecule has 30 heavy (non-hydrogen) atoms. The van der Waals surface area contributed by atoms with Crippen molar-refractivity contribution in [3.63, 3.8) is 0 Å². The molecule has 2 rings (SSSR count). The van der Waals surface area contributed by atoms with Gasteiger partial charge in [0.05, 0.1) is 29.4 Å². The van der Waals surface area contributed by atoms with E-state index in [0.717, 1.165) is 11.8 Å². The molecule has 0 fully saturated rings. The first-order valence-corrected chi connectivity index (χ1v) is 10.1. The van der Waals surface area contributed by atoms with Crippen molar-refractivity contribution in [1.29, 1.82) is 5.41 Å². The minimum absolute atomic E-state index is 0.0895. The molecule has 2 aromatic rings. The van der Waals surface area contributed by atoms with Gasteiger partial charge in [-0.2, -0.15) is 0 Å². The Bertz CT molecular complexity index is 887. The maximum Gasteiger partial charge on any atom is 0.276 e. The molecule has 0 aliphatic rings. The highest BCUT2D eigenvalue weighted by atomic mass is 35.5. The molecule has 0 spiro atoms. The minimum Gasteiger partial charge on any atom is -0.382 e. The summed E-state index contributed by atoms with van der Waals surface area (Å²) in [6, 6.07) is 5.24. The summed E-state index contributed by atoms with van der Waals surface area (Å²) in [5, 5.41) is 17.5. The number of anilines is 2. The van der Waals surface area contributed by atoms with E-state index >= 15 is 0 Å². The van der Waals surface area contributed by atoms with Gasteiger partial charge in [0.1, 0.15) is 11.4 Å². The number of likely N-dealkylation sites (N-methyl/N-ethyl adjacent to an activating group) is 1. The van der Waals surface area contributed by atoms with Crippen molar-refractivity contribution in [2.24, 2.45) is 0 Å². The number of nitrogens with one attached hydrogen (secondary N) is 5. The fraction of sp³-hybridized carbons (Fsp3) is 0.421. The Morgan fingerprint density at radius 3 is 2.77 bits per heavy atom. The van der Waals surface area contributed by atoms with Crippen LogP contribution in [0.15, 0.2) is 23.0 Å². The summed E-state index contributed by atoms with van der Waals surface area (Å²) in [7, 11) is 3.45. The second-order valence-electron chi connectivity index (χ2n) is 6.35. The highest BCUT2D eigenvalue weighted by molar-refractivity contribution is 6.42. The van der Waals surface area contributed by atoms with E-state index in [4.69, 9.17) is 38.1 Å². The average Bonchev–Trinajstić information content (AvgIpc) is 2.73. The monoisotopic (exact) mass is 456 g/mol. The first-order chi connectivity index (χ1) is 14.5. The van der Waals surface area contributed by atoms with Crippen LogP contribution >= 0.6 is 23.2 Å². The molecule has 0 radical (unpaired) electrons. The molecule has 1 atom stereocenters. The Morgan fingerprint density at radius 2 is 2.10 bits per heavy atom. The van der Waals surface area contributed by atoms with Crippen molar-refractivity contribution in [1.82, 2.24) is 15.3 Å². The van der Waals surface area contributed by atoms with Gasteiger partial charge in [0.2, 0.25) is 5.95 Å². The van der Waals surface area contributed by atoms with Gasteiger partial charge in [0.25, 0.3) is 5.56 Å². The second-order valence-corrected chi connectivity index (χ2v) is 7.17. The lowest BCUT2D eigenvalue weighted by atomic mass is 10.2. The van der Waals surface area contributed by atoms with Gasteiger partial charge in [-0.05, 0) is 24.7 Å². The Balaban J connectivity index is 1.96. The fourth-order valence-corrected chi connectivity index (χ4v) is 2.99. The maximum atomic E-state index is 12.5. The van der Waals surface area contributed by atoms with Crippen molar-refractivity contribution < 1.29 is 9.47 Å². The van der Waals surface area contributed by atoms with Crippen molar-refractivity contribution in [3.8, 4) is 0 Å². The summed E-state index contributed by atoms with van der Waals surface area (Å²) in [6.45, 7) is 2.24. The van der Waals surface area contributed by atoms with E-state index in [1.54, 1.807) is 19.2 Å². The number of ether oxygens (including phenoxy) is 2. The summed E-state index contributed by atoms with van der Waals surface area (Å²) in [5.41, 5.74) is 0.920. The number of aromatic nitrogens is 2. The van der Waals surface area contributed by atoms with Gasteiger partial charge in [-0.1, -0.05) is 29.3 Å². The maximum absolute atomic E-state index is 12.5. The lowest BCUT2D eigenvalue weighted by Gasteiger charge is -2.17. The number of H-pyrrole nitrogens is 1. The average molecular weight is 457 g/mol. The smallest absolute Gasteiger partial charge is 0.276 e. The number of aromatic amines is 1. The normalized spacial score (nSPS) is 11.9. The van der Waals surface area contributed by atoms with E-state index < -0.39 is 0 Å². The van der Waals surface area contributed by atoms with Crippen LogP contribution in [-0.4, -0.2) is 62.7 Å². The predicted molar refractivity (Wildman–Crippen MR) is 121 cm³/mol. The van der Waals surface area contributed by atoms with E-state index in [0.29, 0.717) is 42.9 Å². The van der Waals surface area contributed by atoms with Crippen LogP contribution in [0.5, 0.6) is 0 Å². The van der Waals surface area contributed by atoms with Crippen LogP contribution in [0.1, 0.15) is 11.3 Å². The summed E-state index contributed by atoms with van der Waals surface area (Å²) in [4.78, 5) is 19.4. The molecule has 0 amide bonds. The summed E-state index contributed by atoms with van der Waals surface area (Å²) in [6.07, 6.45) is 0.936. The van der Waals surface area contributed by atoms with Gasteiger partial charge in [-0.15, -0.1) is 0 Å². The van der Waals surface area contributed by atoms with E-state index in [2.05, 4.69) is 25.9 Å². The Morgan fingerprint density at radius 1 is 1.30 bits per heavy atom. The van der Waals surface area contributed by atoms with E-state index in [1.165, 1.54) is 0 Å². The van der Waals surface area contributed by atoms with Gasteiger partial charge < -0.3 is 30.8 Å². The quantitative estimate of drug-likeness (QED) is 0.231. The Kier molecular flexibility index (Phi) is 10.0. The molecule has 0 saturated heterocycles. The predicted octanol–water partition coefficient (Wildman–Crippen LogP) is 2.35. The molecular weight excluding hydrogens is 431 g/mol. The molecule has 11 heteroatoms. The third kappa shape index (κ3) is 7.26. The summed E-state index contributed by atoms with van der Waals surface area (Å²) < 4.78 is 10.8. The van der Waals surface area contributed by atoms with Crippen molar-refractivity contribution in [3.05, 3.63) is 49.9 Å². The van der Waals surface area contributed by atoms with Gasteiger partial charge in [-0.3, -0.25) is 9.78 Å². The minimum atomic E-state index is -0.385. The van der Waals surface area contributed by atoms with Crippen molar-refractivity contribution >= 4 is 41.1 Å². The van der Waals surface area contributed by atoms with E-state index in [-0.39, 0.29) is 29.0 Å². The molecule has 9 nitrogen and oxygen atoms in total. The van der Waals surface area contributed by atoms with Crippen LogP contribution in [0.3, 0.4) is 0 Å². The van der Waals surface area contributed by atoms with Gasteiger partial charge in [-0.25, -0.2) is 4.98 Å². The topological polar surface area (TPSA) is 124 Å². The van der Waals surface area contributed by atoms with E-state index in [1.807, 2.05) is 13.1 Å². The SMILES string of the molecule is CNCC(COC)OCCNc1c(C=N)nc(NCc2ccc(Cl)c(Cl)c2)[nH]c1=O. The first kappa shape index (κ1) is 24.1. The zero-order valence-corrected chi connectivity index (χ0v) is 18.4. The number of hydrogen-bond donors (Lipinski definition) is 5. The van der Waals surface area contributed by atoms with Crippen LogP contribution in [0.4, 0.5) is 11.6 Å². The highest BCUT2D eigenvalue weighted by Crippen LogP contribution is 2.22. The highest BCUT2D eigenvalue weighted by Gasteiger charge is 2.11. The zero-order valence-electron chi connectivity index (χ0n) is 16.9. The third-order valence-electron chi connectivity index (χ3n) is 4.07. The third-order valence-corrected chi connectivity index (χ3v) is 4.81. The molecule has 1 aromatic heterocycles. The number of rotatable bonds is 13. The lowest BCUT2D eigenvalue weighted by molar-refractivity contribution is 0.00458. The standard InChI is InChI=1S/C19H26Cl2N6O3/c1-23-10-13(11-29-2)30-6-5-24-17-16(8-22)26-19(27-18(17)28)25-9-12-3-4-14(20)15(21)7-12/h3-4,7-8,13,22-24H,5-6,9-11H2,1-2H3,(H2,25,26,27,28). The van der Waals surface area contributed by atoms with Gasteiger partial charge in [0, 0.05) is 33.0 Å². The number of halogens is 2. The molecule has 1 heterocycles. The van der Waals surface area contributed by atoms with Crippen LogP contribution in [0.25, 0.3) is 0 Å². The van der Waals surface area contributed by atoms with Crippen LogP contribution in [0, 0.1) is 5.41 Å². The van der Waals surface area contributed by atoms with Crippen molar-refractivity contribution in [2.75, 3.05) is 51.1 Å². The van der Waals surface area contributed by atoms with Crippen LogP contribution in [-0.2, 0) is 16.0 Å².